The molecule has 20 heteroatoms. The first-order valence-electron chi connectivity index (χ1n) is 10.0. The van der Waals surface area contributed by atoms with E-state index in [4.69, 9.17) is 14.9 Å². The molecule has 1 unspecified atom stereocenters. The quantitative estimate of drug-likeness (QED) is 0.0225. The normalized spacial score (nSPS) is 12.5. The summed E-state index contributed by atoms with van der Waals surface area (Å²) in [4.78, 5) is 29.4. The molecule has 0 aromatic rings. The van der Waals surface area contributed by atoms with E-state index in [0.717, 1.165) is 35.6 Å². The van der Waals surface area contributed by atoms with Crippen molar-refractivity contribution in [1.29, 1.82) is 0 Å². The Bertz CT molecular complexity index is 598. The number of hydrogen-bond donors (Lipinski definition) is 2. The Labute approximate surface area is 270 Å². The zero-order valence-electron chi connectivity index (χ0n) is 20.2. The number of nitrogens with zero attached hydrogens (tertiary/aromatic N) is 2. The van der Waals surface area contributed by atoms with Crippen LogP contribution in [-0.2, 0) is 20.6 Å². The predicted octanol–water partition coefficient (Wildman–Crippen LogP) is 6.58. The third kappa shape index (κ3) is 34.6. The Morgan fingerprint density at radius 3 is 2.22 bits per heavy atom. The smallest absolute Gasteiger partial charge is 0.280 e. The summed E-state index contributed by atoms with van der Waals surface area (Å²) in [7, 11) is -0.973. The molecule has 1 atom stereocenters. The van der Waals surface area contributed by atoms with Crippen LogP contribution in [0.2, 0.25) is 0 Å². The van der Waals surface area contributed by atoms with E-state index in [1.54, 1.807) is 64.4 Å². The molecule has 0 saturated heterocycles. The van der Waals surface area contributed by atoms with Crippen LogP contribution < -0.4 is 5.32 Å². The van der Waals surface area contributed by atoms with Gasteiger partial charge in [0, 0.05) is 35.6 Å². The second-order valence-corrected chi connectivity index (χ2v) is 20.2. The van der Waals surface area contributed by atoms with Gasteiger partial charge in [-0.2, -0.15) is 4.89 Å². The fraction of sp³-hybridized carbons (Fsp3) is 0.824. The van der Waals surface area contributed by atoms with E-state index < -0.39 is 10.8 Å². The van der Waals surface area contributed by atoms with Crippen molar-refractivity contribution in [3.8, 4) is 0 Å². The van der Waals surface area contributed by atoms with Crippen LogP contribution in [0.4, 0.5) is 4.79 Å². The largest absolute Gasteiger partial charge is 0.386 e. The summed E-state index contributed by atoms with van der Waals surface area (Å²) in [6.07, 6.45) is 3.24. The van der Waals surface area contributed by atoms with E-state index in [-0.39, 0.29) is 17.1 Å². The van der Waals surface area contributed by atoms with E-state index in [1.807, 2.05) is 53.3 Å². The number of aliphatic hydroxyl groups excluding tert-OH is 1. The molecule has 1 amide bonds. The standard InChI is InChI=1S/C17H33N3O5S12/c1-26-3-19-6-37(23)16-35-14-33-12-32-13-34-15-36-17(22)20-5-28-10-31-11-30-9-27-4-18-2-24-25-8-29-7-21/h2,6,21H,3-5,7-16H2,1H3,(H,20,22)/b18-2-,19-6-. The van der Waals surface area contributed by atoms with Gasteiger partial charge >= 0.3 is 0 Å². The monoisotopic (exact) mass is 743 g/mol. The van der Waals surface area contributed by atoms with Crippen LogP contribution in [0.1, 0.15) is 0 Å². The Morgan fingerprint density at radius 2 is 1.51 bits per heavy atom. The van der Waals surface area contributed by atoms with Crippen LogP contribution in [0.3, 0.4) is 0 Å². The lowest BCUT2D eigenvalue weighted by molar-refractivity contribution is -0.196. The molecule has 0 spiro atoms. The Hall–Kier alpha value is 2.53. The minimum absolute atomic E-state index is 0.000696. The fourth-order valence-electron chi connectivity index (χ4n) is 1.44. The van der Waals surface area contributed by atoms with Crippen LogP contribution in [0.25, 0.3) is 0 Å². The number of hydrogen-bond acceptors (Lipinski definition) is 18. The summed E-state index contributed by atoms with van der Waals surface area (Å²) < 4.78 is 11.6. The van der Waals surface area contributed by atoms with Gasteiger partial charge in [-0.05, 0) is 6.26 Å². The van der Waals surface area contributed by atoms with Gasteiger partial charge in [0.2, 0.25) is 6.40 Å². The lowest BCUT2D eigenvalue weighted by atomic mass is 11.2. The molecule has 0 fully saturated rings. The molecule has 218 valence electrons. The third-order valence-corrected chi connectivity index (χ3v) is 15.8. The second kappa shape index (κ2) is 34.7. The predicted molar refractivity (Wildman–Crippen MR) is 191 cm³/mol. The fourth-order valence-corrected chi connectivity index (χ4v) is 13.3. The zero-order valence-corrected chi connectivity index (χ0v) is 30.0. The maximum absolute atomic E-state index is 11.9. The van der Waals surface area contributed by atoms with E-state index in [1.165, 1.54) is 29.9 Å². The molecule has 0 aliphatic heterocycles. The summed E-state index contributed by atoms with van der Waals surface area (Å²) in [6, 6.07) is 0. The molecule has 0 radical (unpaired) electrons. The van der Waals surface area contributed by atoms with Crippen LogP contribution in [-0.4, -0.2) is 103 Å². The van der Waals surface area contributed by atoms with Gasteiger partial charge in [0.05, 0.1) is 45.0 Å². The Morgan fingerprint density at radius 1 is 0.865 bits per heavy atom. The van der Waals surface area contributed by atoms with Gasteiger partial charge in [0.25, 0.3) is 5.24 Å². The SMILES string of the molecule is CSC/N=C\S(=O)CSCSCSCSCSC(=O)NCSCSCSCSC/N=C\OOCSCO. The number of rotatable bonds is 28. The van der Waals surface area contributed by atoms with Crippen molar-refractivity contribution >= 4 is 157 Å². The maximum atomic E-state index is 11.9. The first-order chi connectivity index (χ1) is 18.2. The number of thioether (sulfide) groups is 11. The van der Waals surface area contributed by atoms with Crippen molar-refractivity contribution in [3.63, 3.8) is 0 Å². The van der Waals surface area contributed by atoms with Crippen LogP contribution in [0.5, 0.6) is 0 Å². The highest BCUT2D eigenvalue weighted by molar-refractivity contribution is 8.30. The summed E-state index contributed by atoms with van der Waals surface area (Å²) >= 11 is 18.3. The molecule has 0 bridgehead atoms. The highest BCUT2D eigenvalue weighted by atomic mass is 32.3. The molecule has 0 rings (SSSR count). The highest BCUT2D eigenvalue weighted by Gasteiger charge is 2.02. The van der Waals surface area contributed by atoms with Gasteiger partial charge < -0.3 is 15.3 Å². The maximum Gasteiger partial charge on any atom is 0.280 e. The van der Waals surface area contributed by atoms with Crippen LogP contribution in [0.15, 0.2) is 9.98 Å². The first kappa shape index (κ1) is 39.5. The molecule has 0 heterocycles. The lowest BCUT2D eigenvalue weighted by Gasteiger charge is -2.05. The molecule has 0 aliphatic carbocycles. The minimum atomic E-state index is -0.973. The Balaban J connectivity index is 3.26. The molecule has 8 nitrogen and oxygen atoms in total. The van der Waals surface area contributed by atoms with Crippen molar-refractivity contribution in [2.45, 2.75) is 0 Å². The third-order valence-electron chi connectivity index (χ3n) is 2.76. The van der Waals surface area contributed by atoms with Crippen LogP contribution in [0, 0.1) is 0 Å². The summed E-state index contributed by atoms with van der Waals surface area (Å²) in [5.74, 6) is 2.18. The van der Waals surface area contributed by atoms with E-state index in [2.05, 4.69) is 15.3 Å². The van der Waals surface area contributed by atoms with Crippen molar-refractivity contribution in [2.75, 3.05) is 76.4 Å². The van der Waals surface area contributed by atoms with Gasteiger partial charge in [-0.1, -0.05) is 11.8 Å². The van der Waals surface area contributed by atoms with E-state index in [9.17, 15) is 9.00 Å². The number of carbonyl (C=O) groups excluding carboxylic acids is 1. The first-order valence-corrected chi connectivity index (χ1v) is 24.2. The molecule has 0 aromatic heterocycles. The number of nitrogens with one attached hydrogen (secondary N) is 1. The zero-order chi connectivity index (χ0) is 27.1. The number of carbonyl (C=O) groups is 1. The van der Waals surface area contributed by atoms with E-state index >= 15 is 0 Å². The van der Waals surface area contributed by atoms with Gasteiger partial charge in [-0.25, -0.2) is 4.99 Å². The van der Waals surface area contributed by atoms with Gasteiger partial charge in [-0.15, -0.1) is 118 Å². The summed E-state index contributed by atoms with van der Waals surface area (Å²) in [6.45, 7) is 0. The molecular weight excluding hydrogens is 711 g/mol. The Kier molecular flexibility index (Phi) is 37.1. The minimum Gasteiger partial charge on any atom is -0.386 e. The van der Waals surface area contributed by atoms with Crippen molar-refractivity contribution < 1.29 is 23.9 Å². The van der Waals surface area contributed by atoms with Crippen LogP contribution >= 0.6 is 129 Å². The molecule has 37 heavy (non-hydrogen) atoms. The summed E-state index contributed by atoms with van der Waals surface area (Å²) in [5.41, 5.74) is 1.55. The average Bonchev–Trinajstić information content (AvgIpc) is 2.89. The van der Waals surface area contributed by atoms with Crippen molar-refractivity contribution in [3.05, 3.63) is 0 Å². The van der Waals surface area contributed by atoms with Gasteiger partial charge in [0.15, 0.2) is 0 Å². The summed E-state index contributed by atoms with van der Waals surface area (Å²) in [5, 5.41) is 18.7. The average molecular weight is 744 g/mol. The lowest BCUT2D eigenvalue weighted by Crippen LogP contribution is -2.17. The topological polar surface area (TPSA) is 110 Å². The van der Waals surface area contributed by atoms with Crippen molar-refractivity contribution in [2.24, 2.45) is 9.98 Å². The highest BCUT2D eigenvalue weighted by Crippen LogP contribution is 2.24. The second-order valence-electron chi connectivity index (χ2n) is 5.50. The molecule has 0 saturated carbocycles. The number of aliphatic hydroxyl groups is 1. The molecular formula is C17H33N3O5S12. The van der Waals surface area contributed by atoms with Crippen molar-refractivity contribution in [1.82, 2.24) is 5.32 Å². The number of aliphatic imine (C=N–C) groups is 2. The molecule has 2 N–H and O–H groups in total. The van der Waals surface area contributed by atoms with Gasteiger partial charge in [0.1, 0.15) is 5.94 Å². The van der Waals surface area contributed by atoms with E-state index in [0.29, 0.717) is 22.7 Å². The number of amides is 1. The molecule has 0 aromatic carbocycles. The molecule has 0 aliphatic rings. The van der Waals surface area contributed by atoms with Gasteiger partial charge in [-0.3, -0.25) is 14.0 Å².